The molecule has 0 radical (unpaired) electrons. The Morgan fingerprint density at radius 2 is 1.87 bits per heavy atom. The molecule has 0 aliphatic carbocycles. The quantitative estimate of drug-likeness (QED) is 0.727. The van der Waals surface area contributed by atoms with Crippen LogP contribution in [0.15, 0.2) is 0 Å². The lowest BCUT2D eigenvalue weighted by atomic mass is 9.95. The highest BCUT2D eigenvalue weighted by Crippen LogP contribution is 2.41. The minimum absolute atomic E-state index is 0.220. The van der Waals surface area contributed by atoms with Crippen LogP contribution in [0.5, 0.6) is 0 Å². The van der Waals surface area contributed by atoms with Crippen molar-refractivity contribution in [3.63, 3.8) is 0 Å². The van der Waals surface area contributed by atoms with Gasteiger partial charge in [0.15, 0.2) is 18.4 Å². The predicted molar refractivity (Wildman–Crippen MR) is 76.4 cm³/mol. The maximum absolute atomic E-state index is 10.1. The number of fused-ring (bicyclic) bond motifs is 1. The van der Waals surface area contributed by atoms with Gasteiger partial charge >= 0.3 is 0 Å². The molecule has 2 N–H and O–H groups in total. The highest BCUT2D eigenvalue weighted by molar-refractivity contribution is 4.99. The summed E-state index contributed by atoms with van der Waals surface area (Å²) in [6, 6.07) is 0. The molecule has 3 aliphatic heterocycles. The molecule has 0 spiro atoms. The molecule has 8 nitrogen and oxygen atoms in total. The smallest absolute Gasteiger partial charge is 0.190 e. The summed E-state index contributed by atoms with van der Waals surface area (Å²) in [5.41, 5.74) is 0. The van der Waals surface area contributed by atoms with Gasteiger partial charge in [0, 0.05) is 20.1 Å². The van der Waals surface area contributed by atoms with E-state index in [2.05, 4.69) is 0 Å². The molecule has 8 atom stereocenters. The van der Waals surface area contributed by atoms with Gasteiger partial charge in [-0.25, -0.2) is 0 Å². The van der Waals surface area contributed by atoms with Crippen molar-refractivity contribution < 1.29 is 38.6 Å². The van der Waals surface area contributed by atoms with Crippen molar-refractivity contribution in [3.8, 4) is 0 Å². The zero-order valence-corrected chi connectivity index (χ0v) is 13.9. The molecular weight excluding hydrogens is 308 g/mol. The van der Waals surface area contributed by atoms with E-state index in [0.717, 1.165) is 0 Å². The van der Waals surface area contributed by atoms with Crippen LogP contribution in [-0.4, -0.2) is 78.9 Å². The van der Waals surface area contributed by atoms with E-state index in [4.69, 9.17) is 28.4 Å². The van der Waals surface area contributed by atoms with Crippen LogP contribution in [0.3, 0.4) is 0 Å². The highest BCUT2D eigenvalue weighted by Gasteiger charge is 2.58. The lowest BCUT2D eigenvalue weighted by Crippen LogP contribution is -2.55. The van der Waals surface area contributed by atoms with Crippen molar-refractivity contribution in [1.29, 1.82) is 0 Å². The van der Waals surface area contributed by atoms with Gasteiger partial charge in [0.05, 0.1) is 12.2 Å². The van der Waals surface area contributed by atoms with E-state index in [1.807, 2.05) is 13.8 Å². The monoisotopic (exact) mass is 334 g/mol. The van der Waals surface area contributed by atoms with E-state index in [9.17, 15) is 10.2 Å². The Morgan fingerprint density at radius 3 is 2.52 bits per heavy atom. The zero-order chi connectivity index (χ0) is 16.8. The summed E-state index contributed by atoms with van der Waals surface area (Å²) in [4.78, 5) is 0. The minimum atomic E-state index is -1.08. The molecule has 0 aromatic rings. The molecule has 0 unspecified atom stereocenters. The highest BCUT2D eigenvalue weighted by atomic mass is 16.8. The Balaban J connectivity index is 1.72. The third kappa shape index (κ3) is 3.27. The number of aliphatic hydroxyl groups excluding tert-OH is 2. The minimum Gasteiger partial charge on any atom is -0.390 e. The van der Waals surface area contributed by atoms with Gasteiger partial charge in [0.2, 0.25) is 0 Å². The fourth-order valence-corrected chi connectivity index (χ4v) is 3.45. The van der Waals surface area contributed by atoms with Gasteiger partial charge in [-0.05, 0) is 20.8 Å². The van der Waals surface area contributed by atoms with Crippen molar-refractivity contribution in [2.45, 2.75) is 82.2 Å². The van der Waals surface area contributed by atoms with Gasteiger partial charge in [-0.3, -0.25) is 0 Å². The molecule has 0 amide bonds. The molecule has 0 saturated carbocycles. The Bertz CT molecular complexity index is 416. The second-order valence-electron chi connectivity index (χ2n) is 6.56. The second kappa shape index (κ2) is 6.53. The van der Waals surface area contributed by atoms with Crippen LogP contribution in [-0.2, 0) is 28.4 Å². The molecule has 3 rings (SSSR count). The molecule has 3 aliphatic rings. The summed E-state index contributed by atoms with van der Waals surface area (Å²) in [7, 11) is 1.58. The maximum atomic E-state index is 10.1. The van der Waals surface area contributed by atoms with Crippen LogP contribution in [0.25, 0.3) is 0 Å². The second-order valence-corrected chi connectivity index (χ2v) is 6.56. The van der Waals surface area contributed by atoms with E-state index >= 15 is 0 Å². The number of methoxy groups -OCH3 is 1. The molecular formula is C15H26O8. The van der Waals surface area contributed by atoms with E-state index in [0.29, 0.717) is 6.61 Å². The normalized spacial score (nSPS) is 49.3. The van der Waals surface area contributed by atoms with Crippen LogP contribution < -0.4 is 0 Å². The van der Waals surface area contributed by atoms with Gasteiger partial charge in [-0.15, -0.1) is 0 Å². The predicted octanol–water partition coefficient (Wildman–Crippen LogP) is -0.249. The van der Waals surface area contributed by atoms with Gasteiger partial charge in [0.25, 0.3) is 0 Å². The standard InChI is InChI=1S/C15H26O8/c1-5-19-13-9(17)7(16)6-8(20-13)10-11(18-4)12-14(21-10)23-15(2,3)22-12/h7-14,16-17H,5-6H2,1-4H3/t7-,8+,9-,10+,11-,12+,13-,14+/m0/s1. The van der Waals surface area contributed by atoms with E-state index in [1.54, 1.807) is 14.0 Å². The first-order chi connectivity index (χ1) is 10.9. The molecule has 134 valence electrons. The Kier molecular flexibility index (Phi) is 4.97. The molecule has 3 saturated heterocycles. The van der Waals surface area contributed by atoms with Crippen LogP contribution in [0.2, 0.25) is 0 Å². The Labute approximate surface area is 135 Å². The van der Waals surface area contributed by atoms with Gasteiger partial charge < -0.3 is 38.6 Å². The van der Waals surface area contributed by atoms with Gasteiger partial charge in [-0.2, -0.15) is 0 Å². The summed E-state index contributed by atoms with van der Waals surface area (Å²) in [6.45, 7) is 5.80. The Morgan fingerprint density at radius 1 is 1.13 bits per heavy atom. The molecule has 0 aromatic carbocycles. The first-order valence-corrected chi connectivity index (χ1v) is 8.03. The van der Waals surface area contributed by atoms with E-state index < -0.39 is 48.9 Å². The number of ether oxygens (including phenoxy) is 6. The van der Waals surface area contributed by atoms with Crippen LogP contribution in [0, 0.1) is 0 Å². The van der Waals surface area contributed by atoms with Crippen molar-refractivity contribution >= 4 is 0 Å². The van der Waals surface area contributed by atoms with Crippen LogP contribution in [0.1, 0.15) is 27.2 Å². The summed E-state index contributed by atoms with van der Waals surface area (Å²) in [5, 5.41) is 20.0. The van der Waals surface area contributed by atoms with Crippen molar-refractivity contribution in [3.05, 3.63) is 0 Å². The Hall–Kier alpha value is -0.320. The van der Waals surface area contributed by atoms with E-state index in [1.165, 1.54) is 0 Å². The summed E-state index contributed by atoms with van der Waals surface area (Å²) in [5.74, 6) is -0.728. The molecule has 8 heteroatoms. The largest absolute Gasteiger partial charge is 0.390 e. The van der Waals surface area contributed by atoms with Crippen molar-refractivity contribution in [2.75, 3.05) is 13.7 Å². The fraction of sp³-hybridized carbons (Fsp3) is 1.00. The first kappa shape index (κ1) is 17.5. The SMILES string of the molecule is CCO[C@H]1O[C@@H]([C@H]2O[C@@H]3OC(C)(C)O[C@@H]3[C@H]2OC)C[C@H](O)[C@@H]1O. The van der Waals surface area contributed by atoms with E-state index in [-0.39, 0.29) is 12.5 Å². The summed E-state index contributed by atoms with van der Waals surface area (Å²) < 4.78 is 34.2. The lowest BCUT2D eigenvalue weighted by molar-refractivity contribution is -0.297. The lowest BCUT2D eigenvalue weighted by Gasteiger charge is -2.40. The maximum Gasteiger partial charge on any atom is 0.190 e. The number of aliphatic hydroxyl groups is 2. The van der Waals surface area contributed by atoms with Gasteiger partial charge in [0.1, 0.15) is 24.4 Å². The molecule has 3 heterocycles. The topological polar surface area (TPSA) is 95.8 Å². The number of rotatable bonds is 4. The average molecular weight is 334 g/mol. The van der Waals surface area contributed by atoms with Crippen LogP contribution >= 0.6 is 0 Å². The summed E-state index contributed by atoms with van der Waals surface area (Å²) >= 11 is 0. The summed E-state index contributed by atoms with van der Waals surface area (Å²) in [6.07, 6.45) is -4.98. The number of hydrogen-bond acceptors (Lipinski definition) is 8. The third-order valence-corrected chi connectivity index (χ3v) is 4.45. The van der Waals surface area contributed by atoms with Gasteiger partial charge in [-0.1, -0.05) is 0 Å². The zero-order valence-electron chi connectivity index (χ0n) is 13.9. The molecule has 3 fully saturated rings. The average Bonchev–Trinajstić information content (AvgIpc) is 2.95. The third-order valence-electron chi connectivity index (χ3n) is 4.45. The number of hydrogen-bond donors (Lipinski definition) is 2. The van der Waals surface area contributed by atoms with Crippen molar-refractivity contribution in [1.82, 2.24) is 0 Å². The molecule has 23 heavy (non-hydrogen) atoms. The molecule has 0 bridgehead atoms. The molecule has 0 aromatic heterocycles. The van der Waals surface area contributed by atoms with Crippen LogP contribution in [0.4, 0.5) is 0 Å². The fourth-order valence-electron chi connectivity index (χ4n) is 3.45. The first-order valence-electron chi connectivity index (χ1n) is 8.03. The van der Waals surface area contributed by atoms with Crippen molar-refractivity contribution in [2.24, 2.45) is 0 Å².